The number of hydrogen-bond acceptors (Lipinski definition) is 3. The van der Waals surface area contributed by atoms with Gasteiger partial charge in [0.25, 0.3) is 0 Å². The van der Waals surface area contributed by atoms with Crippen molar-refractivity contribution in [1.82, 2.24) is 0 Å². The summed E-state index contributed by atoms with van der Waals surface area (Å²) >= 11 is 0. The van der Waals surface area contributed by atoms with Crippen LogP contribution in [0.15, 0.2) is 72.8 Å². The highest BCUT2D eigenvalue weighted by Gasteiger charge is 2.30. The van der Waals surface area contributed by atoms with Gasteiger partial charge in [-0.05, 0) is 37.6 Å². The Morgan fingerprint density at radius 3 is 2.24 bits per heavy atom. The summed E-state index contributed by atoms with van der Waals surface area (Å²) in [7, 11) is 0. The maximum absolute atomic E-state index is 10.2. The average molecular weight is 331 g/mol. The maximum atomic E-state index is 10.2. The number of benzene rings is 3. The number of hydrogen-bond donors (Lipinski definition) is 1. The van der Waals surface area contributed by atoms with Gasteiger partial charge in [0.05, 0.1) is 23.5 Å². The molecule has 0 saturated heterocycles. The van der Waals surface area contributed by atoms with E-state index in [0.29, 0.717) is 0 Å². The molecule has 126 valence electrons. The fourth-order valence-electron chi connectivity index (χ4n) is 3.45. The number of fused-ring (bicyclic) bond motifs is 2. The standard InChI is InChI=1S/C22H21NO2/c1-15(17-9-4-3-5-10-17)23-19-12-6-7-14-21(19)25-22-18(16(2)24)11-8-13-20(22)23/h3-16,24H,1-2H3. The van der Waals surface area contributed by atoms with Crippen molar-refractivity contribution in [3.63, 3.8) is 0 Å². The Labute approximate surface area is 148 Å². The number of aliphatic hydroxyl groups excluding tert-OH is 1. The van der Waals surface area contributed by atoms with Crippen molar-refractivity contribution in [2.24, 2.45) is 0 Å². The molecule has 3 heteroatoms. The molecule has 1 aliphatic rings. The van der Waals surface area contributed by atoms with E-state index < -0.39 is 6.10 Å². The number of ether oxygens (including phenoxy) is 1. The molecule has 25 heavy (non-hydrogen) atoms. The van der Waals surface area contributed by atoms with Crippen molar-refractivity contribution in [1.29, 1.82) is 0 Å². The molecule has 0 saturated carbocycles. The fraction of sp³-hybridized carbons (Fsp3) is 0.182. The molecule has 3 nitrogen and oxygen atoms in total. The summed E-state index contributed by atoms with van der Waals surface area (Å²) in [6.07, 6.45) is -0.589. The minimum absolute atomic E-state index is 0.134. The minimum atomic E-state index is -0.589. The Balaban J connectivity index is 1.91. The molecule has 3 aromatic rings. The predicted octanol–water partition coefficient (Wildman–Crippen LogP) is 5.74. The molecule has 1 heterocycles. The van der Waals surface area contributed by atoms with Gasteiger partial charge < -0.3 is 14.7 Å². The Bertz CT molecular complexity index is 890. The third-order valence-corrected chi connectivity index (χ3v) is 4.74. The third kappa shape index (κ3) is 2.67. The van der Waals surface area contributed by atoms with Gasteiger partial charge in [0.2, 0.25) is 0 Å². The summed E-state index contributed by atoms with van der Waals surface area (Å²) in [5.41, 5.74) is 4.05. The first-order valence-electron chi connectivity index (χ1n) is 8.59. The molecule has 0 bridgehead atoms. The van der Waals surface area contributed by atoms with E-state index in [1.807, 2.05) is 36.4 Å². The third-order valence-electron chi connectivity index (χ3n) is 4.74. The smallest absolute Gasteiger partial charge is 0.156 e. The summed E-state index contributed by atoms with van der Waals surface area (Å²) in [4.78, 5) is 2.29. The van der Waals surface area contributed by atoms with Crippen LogP contribution in [0.4, 0.5) is 11.4 Å². The van der Waals surface area contributed by atoms with E-state index in [2.05, 4.69) is 48.2 Å². The lowest BCUT2D eigenvalue weighted by molar-refractivity contribution is 0.195. The van der Waals surface area contributed by atoms with E-state index in [1.54, 1.807) is 6.92 Å². The van der Waals surface area contributed by atoms with Crippen molar-refractivity contribution < 1.29 is 9.84 Å². The van der Waals surface area contributed by atoms with Crippen LogP contribution in [0, 0.1) is 0 Å². The van der Waals surface area contributed by atoms with Crippen molar-refractivity contribution in [3.05, 3.63) is 83.9 Å². The predicted molar refractivity (Wildman–Crippen MR) is 101 cm³/mol. The second kappa shape index (κ2) is 6.26. The number of anilines is 2. The Morgan fingerprint density at radius 2 is 1.48 bits per heavy atom. The van der Waals surface area contributed by atoms with Gasteiger partial charge in [0.1, 0.15) is 0 Å². The first kappa shape index (κ1) is 15.7. The van der Waals surface area contributed by atoms with Gasteiger partial charge in [0, 0.05) is 5.56 Å². The maximum Gasteiger partial charge on any atom is 0.156 e. The highest BCUT2D eigenvalue weighted by atomic mass is 16.5. The molecule has 0 spiro atoms. The summed E-state index contributed by atoms with van der Waals surface area (Å²) in [5.74, 6) is 1.55. The monoisotopic (exact) mass is 331 g/mol. The molecule has 1 aliphatic heterocycles. The largest absolute Gasteiger partial charge is 0.453 e. The number of nitrogens with zero attached hydrogens (tertiary/aromatic N) is 1. The fourth-order valence-corrected chi connectivity index (χ4v) is 3.45. The zero-order valence-corrected chi connectivity index (χ0v) is 14.4. The molecule has 2 unspecified atom stereocenters. The summed E-state index contributed by atoms with van der Waals surface area (Å²) in [6, 6.07) is 24.6. The first-order valence-corrected chi connectivity index (χ1v) is 8.59. The summed E-state index contributed by atoms with van der Waals surface area (Å²) in [6.45, 7) is 3.96. The molecular formula is C22H21NO2. The Morgan fingerprint density at radius 1 is 0.800 bits per heavy atom. The first-order chi connectivity index (χ1) is 12.2. The van der Waals surface area contributed by atoms with Crippen LogP contribution in [0.25, 0.3) is 0 Å². The van der Waals surface area contributed by atoms with Crippen LogP contribution < -0.4 is 9.64 Å². The lowest BCUT2D eigenvalue weighted by atomic mass is 10.0. The summed E-state index contributed by atoms with van der Waals surface area (Å²) in [5, 5.41) is 10.2. The van der Waals surface area contributed by atoms with Gasteiger partial charge in [0.15, 0.2) is 11.5 Å². The zero-order chi connectivity index (χ0) is 17.4. The average Bonchev–Trinajstić information content (AvgIpc) is 2.65. The van der Waals surface area contributed by atoms with Crippen molar-refractivity contribution >= 4 is 11.4 Å². The number of para-hydroxylation sites is 3. The Hall–Kier alpha value is -2.78. The van der Waals surface area contributed by atoms with Crippen LogP contribution in [-0.4, -0.2) is 5.11 Å². The molecule has 1 N–H and O–H groups in total. The van der Waals surface area contributed by atoms with Crippen molar-refractivity contribution in [3.8, 4) is 11.5 Å². The van der Waals surface area contributed by atoms with Crippen molar-refractivity contribution in [2.45, 2.75) is 26.0 Å². The topological polar surface area (TPSA) is 32.7 Å². The quantitative estimate of drug-likeness (QED) is 0.664. The lowest BCUT2D eigenvalue weighted by Crippen LogP contribution is -2.25. The molecular weight excluding hydrogens is 310 g/mol. The Kier molecular flexibility index (Phi) is 3.94. The second-order valence-electron chi connectivity index (χ2n) is 6.40. The van der Waals surface area contributed by atoms with Crippen LogP contribution in [0.1, 0.15) is 37.1 Å². The van der Waals surface area contributed by atoms with Crippen LogP contribution >= 0.6 is 0 Å². The zero-order valence-electron chi connectivity index (χ0n) is 14.4. The molecule has 0 fully saturated rings. The summed E-state index contributed by atoms with van der Waals surface area (Å²) < 4.78 is 6.18. The highest BCUT2D eigenvalue weighted by Crippen LogP contribution is 2.52. The van der Waals surface area contributed by atoms with Gasteiger partial charge in [-0.15, -0.1) is 0 Å². The highest BCUT2D eigenvalue weighted by molar-refractivity contribution is 5.80. The van der Waals surface area contributed by atoms with Crippen LogP contribution in [0.3, 0.4) is 0 Å². The molecule has 0 amide bonds. The number of aliphatic hydroxyl groups is 1. The van der Waals surface area contributed by atoms with Gasteiger partial charge in [-0.3, -0.25) is 0 Å². The molecule has 0 aromatic heterocycles. The van der Waals surface area contributed by atoms with E-state index in [9.17, 15) is 5.11 Å². The molecule has 2 atom stereocenters. The van der Waals surface area contributed by atoms with Crippen LogP contribution in [-0.2, 0) is 0 Å². The van der Waals surface area contributed by atoms with E-state index in [4.69, 9.17) is 4.74 Å². The van der Waals surface area contributed by atoms with E-state index in [-0.39, 0.29) is 6.04 Å². The van der Waals surface area contributed by atoms with E-state index in [0.717, 1.165) is 28.4 Å². The molecule has 4 rings (SSSR count). The van der Waals surface area contributed by atoms with E-state index >= 15 is 0 Å². The normalized spacial score (nSPS) is 14.9. The molecule has 0 radical (unpaired) electrons. The van der Waals surface area contributed by atoms with Gasteiger partial charge in [-0.25, -0.2) is 0 Å². The molecule has 3 aromatic carbocycles. The van der Waals surface area contributed by atoms with Crippen LogP contribution in [0.2, 0.25) is 0 Å². The van der Waals surface area contributed by atoms with Gasteiger partial charge in [-0.1, -0.05) is 54.6 Å². The van der Waals surface area contributed by atoms with E-state index in [1.165, 1.54) is 5.56 Å². The second-order valence-corrected chi connectivity index (χ2v) is 6.40. The lowest BCUT2D eigenvalue weighted by Gasteiger charge is -2.38. The van der Waals surface area contributed by atoms with Crippen LogP contribution in [0.5, 0.6) is 11.5 Å². The van der Waals surface area contributed by atoms with Gasteiger partial charge >= 0.3 is 0 Å². The number of rotatable bonds is 3. The minimum Gasteiger partial charge on any atom is -0.453 e. The van der Waals surface area contributed by atoms with Crippen molar-refractivity contribution in [2.75, 3.05) is 4.90 Å². The molecule has 0 aliphatic carbocycles. The SMILES string of the molecule is CC(O)c1cccc2c1Oc1ccccc1N2C(C)c1ccccc1. The van der Waals surface area contributed by atoms with Gasteiger partial charge in [-0.2, -0.15) is 0 Å².